The van der Waals surface area contributed by atoms with Crippen LogP contribution in [0.25, 0.3) is 11.5 Å². The Morgan fingerprint density at radius 2 is 1.96 bits per heavy atom. The van der Waals surface area contributed by atoms with Gasteiger partial charge in [0.05, 0.1) is 11.3 Å². The summed E-state index contributed by atoms with van der Waals surface area (Å²) in [5.74, 6) is 0.361. The standard InChI is InChI=1S/C18H19FN4O3S/c1-9-4-7-13(19)14(8-9)23-27(24,25)16-11(3)20-10(2)15(16)18-21-17(22-26-18)12-5-6-12/h4,7-8,12,20,23H,5-6H2,1-3H3. The van der Waals surface area contributed by atoms with Crippen molar-refractivity contribution in [3.05, 3.63) is 46.8 Å². The van der Waals surface area contributed by atoms with Crippen molar-refractivity contribution in [1.29, 1.82) is 0 Å². The zero-order chi connectivity index (χ0) is 19.3. The first-order valence-corrected chi connectivity index (χ1v) is 10.1. The first-order chi connectivity index (χ1) is 12.8. The van der Waals surface area contributed by atoms with Crippen molar-refractivity contribution in [2.24, 2.45) is 0 Å². The summed E-state index contributed by atoms with van der Waals surface area (Å²) >= 11 is 0. The monoisotopic (exact) mass is 390 g/mol. The van der Waals surface area contributed by atoms with Crippen molar-refractivity contribution in [2.75, 3.05) is 4.72 Å². The van der Waals surface area contributed by atoms with Crippen LogP contribution in [0.2, 0.25) is 0 Å². The fraction of sp³-hybridized carbons (Fsp3) is 0.333. The zero-order valence-corrected chi connectivity index (χ0v) is 15.9. The van der Waals surface area contributed by atoms with E-state index >= 15 is 0 Å². The highest BCUT2D eigenvalue weighted by Gasteiger charge is 2.33. The summed E-state index contributed by atoms with van der Waals surface area (Å²) in [5.41, 5.74) is 1.94. The van der Waals surface area contributed by atoms with E-state index < -0.39 is 15.8 Å². The van der Waals surface area contributed by atoms with Crippen molar-refractivity contribution >= 4 is 15.7 Å². The van der Waals surface area contributed by atoms with Crippen molar-refractivity contribution in [3.63, 3.8) is 0 Å². The number of hydrogen-bond acceptors (Lipinski definition) is 5. The Labute approximate surface area is 156 Å². The van der Waals surface area contributed by atoms with Gasteiger partial charge in [0.15, 0.2) is 5.82 Å². The Morgan fingerprint density at radius 1 is 1.22 bits per heavy atom. The largest absolute Gasteiger partial charge is 0.361 e. The molecule has 9 heteroatoms. The minimum atomic E-state index is -4.09. The number of aromatic amines is 1. The molecule has 0 amide bonds. The number of halogens is 1. The van der Waals surface area contributed by atoms with Gasteiger partial charge < -0.3 is 9.51 Å². The lowest BCUT2D eigenvalue weighted by atomic mass is 10.2. The Hall–Kier alpha value is -2.68. The van der Waals surface area contributed by atoms with E-state index in [4.69, 9.17) is 4.52 Å². The zero-order valence-electron chi connectivity index (χ0n) is 15.1. The minimum absolute atomic E-state index is 0.0214. The molecule has 27 heavy (non-hydrogen) atoms. The predicted molar refractivity (Wildman–Crippen MR) is 97.5 cm³/mol. The average Bonchev–Trinajstić information content (AvgIpc) is 3.24. The van der Waals surface area contributed by atoms with Gasteiger partial charge in [0.1, 0.15) is 10.7 Å². The van der Waals surface area contributed by atoms with Crippen LogP contribution in [0.3, 0.4) is 0 Å². The smallest absolute Gasteiger partial charge is 0.264 e. The van der Waals surface area contributed by atoms with E-state index in [-0.39, 0.29) is 22.4 Å². The molecular weight excluding hydrogens is 371 g/mol. The molecule has 7 nitrogen and oxygen atoms in total. The number of H-pyrrole nitrogens is 1. The molecule has 2 heterocycles. The highest BCUT2D eigenvalue weighted by molar-refractivity contribution is 7.93. The van der Waals surface area contributed by atoms with E-state index in [2.05, 4.69) is 19.8 Å². The molecular formula is C18H19FN4O3S. The topological polar surface area (TPSA) is 101 Å². The lowest BCUT2D eigenvalue weighted by molar-refractivity contribution is 0.421. The van der Waals surface area contributed by atoms with E-state index in [1.165, 1.54) is 12.1 Å². The average molecular weight is 390 g/mol. The first kappa shape index (κ1) is 17.7. The molecule has 0 spiro atoms. The molecule has 1 aliphatic rings. The van der Waals surface area contributed by atoms with Crippen molar-refractivity contribution < 1.29 is 17.3 Å². The van der Waals surface area contributed by atoms with Gasteiger partial charge in [-0.25, -0.2) is 12.8 Å². The van der Waals surface area contributed by atoms with Gasteiger partial charge in [-0.05, 0) is 51.3 Å². The molecule has 0 atom stereocenters. The lowest BCUT2D eigenvalue weighted by Crippen LogP contribution is -2.15. The number of aryl methyl sites for hydroxylation is 3. The maximum Gasteiger partial charge on any atom is 0.264 e. The minimum Gasteiger partial charge on any atom is -0.361 e. The van der Waals surface area contributed by atoms with Crippen LogP contribution in [0.4, 0.5) is 10.1 Å². The van der Waals surface area contributed by atoms with Gasteiger partial charge in [0.2, 0.25) is 0 Å². The second-order valence-electron chi connectivity index (χ2n) is 6.90. The summed E-state index contributed by atoms with van der Waals surface area (Å²) in [4.78, 5) is 7.35. The van der Waals surface area contributed by atoms with Crippen LogP contribution < -0.4 is 4.72 Å². The van der Waals surface area contributed by atoms with Crippen LogP contribution in [0, 0.1) is 26.6 Å². The number of aromatic nitrogens is 3. The number of benzene rings is 1. The molecule has 0 unspecified atom stereocenters. The molecule has 3 aromatic rings. The number of nitrogens with one attached hydrogen (secondary N) is 2. The third-order valence-electron chi connectivity index (χ3n) is 4.55. The molecule has 4 rings (SSSR count). The molecule has 0 aliphatic heterocycles. The van der Waals surface area contributed by atoms with Crippen LogP contribution in [-0.4, -0.2) is 23.5 Å². The van der Waals surface area contributed by atoms with Crippen LogP contribution in [-0.2, 0) is 10.0 Å². The molecule has 1 aliphatic carbocycles. The number of hydrogen-bond donors (Lipinski definition) is 2. The molecule has 0 radical (unpaired) electrons. The number of anilines is 1. The highest BCUT2D eigenvalue weighted by Crippen LogP contribution is 2.40. The van der Waals surface area contributed by atoms with E-state index in [1.54, 1.807) is 26.8 Å². The molecule has 1 saturated carbocycles. The Morgan fingerprint density at radius 3 is 2.67 bits per heavy atom. The first-order valence-electron chi connectivity index (χ1n) is 8.58. The van der Waals surface area contributed by atoms with Gasteiger partial charge in [0, 0.05) is 17.3 Å². The van der Waals surface area contributed by atoms with Crippen LogP contribution in [0.15, 0.2) is 27.6 Å². The third kappa shape index (κ3) is 3.23. The Bertz CT molecular complexity index is 1130. The number of nitrogens with zero attached hydrogens (tertiary/aromatic N) is 2. The van der Waals surface area contributed by atoms with Crippen molar-refractivity contribution in [2.45, 2.75) is 44.4 Å². The molecule has 1 aromatic carbocycles. The van der Waals surface area contributed by atoms with Gasteiger partial charge >= 0.3 is 0 Å². The van der Waals surface area contributed by atoms with E-state index in [1.807, 2.05) is 0 Å². The molecule has 2 N–H and O–H groups in total. The van der Waals surface area contributed by atoms with Crippen LogP contribution >= 0.6 is 0 Å². The lowest BCUT2D eigenvalue weighted by Gasteiger charge is -2.10. The molecule has 0 bridgehead atoms. The van der Waals surface area contributed by atoms with E-state index in [0.717, 1.165) is 18.4 Å². The summed E-state index contributed by atoms with van der Waals surface area (Å²) in [6.45, 7) is 5.12. The van der Waals surface area contributed by atoms with Crippen molar-refractivity contribution in [1.82, 2.24) is 15.1 Å². The van der Waals surface area contributed by atoms with Crippen molar-refractivity contribution in [3.8, 4) is 11.5 Å². The maximum absolute atomic E-state index is 14.1. The highest BCUT2D eigenvalue weighted by atomic mass is 32.2. The maximum atomic E-state index is 14.1. The molecule has 0 saturated heterocycles. The Balaban J connectivity index is 1.79. The van der Waals surface area contributed by atoms with Gasteiger partial charge in [-0.1, -0.05) is 11.2 Å². The number of rotatable bonds is 5. The second-order valence-corrected chi connectivity index (χ2v) is 8.52. The van der Waals surface area contributed by atoms with E-state index in [9.17, 15) is 12.8 Å². The van der Waals surface area contributed by atoms with Gasteiger partial charge in [-0.2, -0.15) is 4.98 Å². The third-order valence-corrected chi connectivity index (χ3v) is 6.09. The SMILES string of the molecule is Cc1ccc(F)c(NS(=O)(=O)c2c(C)[nH]c(C)c2-c2nc(C3CC3)no2)c1. The molecule has 1 fully saturated rings. The molecule has 2 aromatic heterocycles. The van der Waals surface area contributed by atoms with E-state index in [0.29, 0.717) is 22.8 Å². The summed E-state index contributed by atoms with van der Waals surface area (Å²) in [6, 6.07) is 4.24. The van der Waals surface area contributed by atoms with Gasteiger partial charge in [0.25, 0.3) is 15.9 Å². The summed E-state index contributed by atoms with van der Waals surface area (Å²) < 4.78 is 47.9. The van der Waals surface area contributed by atoms with Crippen LogP contribution in [0.5, 0.6) is 0 Å². The quantitative estimate of drug-likeness (QED) is 0.690. The summed E-state index contributed by atoms with van der Waals surface area (Å²) in [7, 11) is -4.09. The fourth-order valence-corrected chi connectivity index (χ4v) is 4.62. The fourth-order valence-electron chi connectivity index (χ4n) is 3.11. The van der Waals surface area contributed by atoms with Crippen LogP contribution in [0.1, 0.15) is 41.5 Å². The van der Waals surface area contributed by atoms with Gasteiger partial charge in [-0.3, -0.25) is 4.72 Å². The summed E-state index contributed by atoms with van der Waals surface area (Å²) in [6.07, 6.45) is 2.01. The normalized spacial score (nSPS) is 14.5. The summed E-state index contributed by atoms with van der Waals surface area (Å²) in [5, 5.41) is 3.96. The second kappa shape index (κ2) is 6.19. The van der Waals surface area contributed by atoms with Gasteiger partial charge in [-0.15, -0.1) is 0 Å². The molecule has 142 valence electrons. The number of sulfonamides is 1. The Kier molecular flexibility index (Phi) is 4.06. The predicted octanol–water partition coefficient (Wildman–Crippen LogP) is 3.81.